The summed E-state index contributed by atoms with van der Waals surface area (Å²) < 4.78 is 11.5. The van der Waals surface area contributed by atoms with Crippen molar-refractivity contribution in [2.24, 2.45) is 0 Å². The van der Waals surface area contributed by atoms with E-state index in [1.807, 2.05) is 6.92 Å². The predicted octanol–water partition coefficient (Wildman–Crippen LogP) is 11.9. The minimum atomic E-state index is -0.0423. The molecule has 0 aliphatic heterocycles. The normalized spacial score (nSPS) is 12.2. The second-order valence-electron chi connectivity index (χ2n) is 14.6. The third-order valence-electron chi connectivity index (χ3n) is 9.73. The second-order valence-corrected chi connectivity index (χ2v) is 14.6. The number of esters is 2. The number of nitrogens with zero attached hydrogens (tertiary/aromatic N) is 1. The summed E-state index contributed by atoms with van der Waals surface area (Å²) in [5.74, 6) is -0.0299. The summed E-state index contributed by atoms with van der Waals surface area (Å²) in [6, 6.07) is 0. The Kier molecular flexibility index (Phi) is 36.2. The number of hydrogen-bond acceptors (Lipinski definition) is 6. The average molecular weight is 682 g/mol. The molecule has 0 fully saturated rings. The molecular formula is C42H83NO5. The van der Waals surface area contributed by atoms with E-state index in [0.717, 1.165) is 96.7 Å². The van der Waals surface area contributed by atoms with E-state index in [2.05, 4.69) is 25.7 Å². The van der Waals surface area contributed by atoms with E-state index in [-0.39, 0.29) is 30.8 Å². The Hall–Kier alpha value is -1.14. The van der Waals surface area contributed by atoms with Crippen LogP contribution in [0.15, 0.2) is 0 Å². The molecule has 1 N–H and O–H groups in total. The minimum absolute atomic E-state index is 0.0124. The number of aliphatic hydroxyl groups is 1. The van der Waals surface area contributed by atoms with Gasteiger partial charge in [0.2, 0.25) is 0 Å². The molecule has 0 aromatic heterocycles. The van der Waals surface area contributed by atoms with Crippen LogP contribution in [0.5, 0.6) is 0 Å². The molecule has 0 bridgehead atoms. The molecule has 0 radical (unpaired) electrons. The van der Waals surface area contributed by atoms with Gasteiger partial charge in [-0.2, -0.15) is 0 Å². The van der Waals surface area contributed by atoms with Gasteiger partial charge in [0, 0.05) is 19.4 Å². The molecule has 48 heavy (non-hydrogen) atoms. The number of carbonyl (C=O) groups excluding carboxylic acids is 2. The van der Waals surface area contributed by atoms with Gasteiger partial charge in [0.05, 0.1) is 12.7 Å². The zero-order chi connectivity index (χ0) is 35.3. The van der Waals surface area contributed by atoms with Crippen LogP contribution < -0.4 is 0 Å². The molecule has 1 atom stereocenters. The van der Waals surface area contributed by atoms with Crippen molar-refractivity contribution in [2.75, 3.05) is 26.2 Å². The maximum Gasteiger partial charge on any atom is 0.306 e. The third kappa shape index (κ3) is 33.4. The van der Waals surface area contributed by atoms with Crippen molar-refractivity contribution in [3.63, 3.8) is 0 Å². The van der Waals surface area contributed by atoms with Crippen LogP contribution in [0.25, 0.3) is 0 Å². The van der Waals surface area contributed by atoms with Crippen LogP contribution in [-0.2, 0) is 19.1 Å². The number of rotatable bonds is 38. The van der Waals surface area contributed by atoms with Gasteiger partial charge in [-0.25, -0.2) is 0 Å². The van der Waals surface area contributed by atoms with E-state index in [4.69, 9.17) is 9.47 Å². The first-order valence-electron chi connectivity index (χ1n) is 21.2. The van der Waals surface area contributed by atoms with Crippen LogP contribution in [0, 0.1) is 0 Å². The molecule has 0 heterocycles. The lowest BCUT2D eigenvalue weighted by Crippen LogP contribution is -2.29. The third-order valence-corrected chi connectivity index (χ3v) is 9.73. The lowest BCUT2D eigenvalue weighted by molar-refractivity contribution is -0.150. The summed E-state index contributed by atoms with van der Waals surface area (Å²) in [5.41, 5.74) is 0. The maximum atomic E-state index is 12.7. The Balaban J connectivity index is 4.02. The summed E-state index contributed by atoms with van der Waals surface area (Å²) in [5, 5.41) is 9.52. The molecule has 0 aliphatic carbocycles. The van der Waals surface area contributed by atoms with Gasteiger partial charge in [0.15, 0.2) is 0 Å². The summed E-state index contributed by atoms with van der Waals surface area (Å²) in [7, 11) is 0. The Labute approximate surface area is 299 Å². The monoisotopic (exact) mass is 682 g/mol. The fraction of sp³-hybridized carbons (Fsp3) is 0.952. The van der Waals surface area contributed by atoms with E-state index in [1.165, 1.54) is 103 Å². The van der Waals surface area contributed by atoms with Crippen molar-refractivity contribution in [2.45, 2.75) is 233 Å². The number of carbonyl (C=O) groups is 2. The second kappa shape index (κ2) is 37.1. The Morgan fingerprint density at radius 2 is 0.854 bits per heavy atom. The van der Waals surface area contributed by atoms with E-state index in [1.54, 1.807) is 0 Å². The molecule has 0 saturated heterocycles. The molecule has 0 saturated carbocycles. The molecule has 0 amide bonds. The first-order valence-corrected chi connectivity index (χ1v) is 21.2. The minimum Gasteiger partial charge on any atom is -0.463 e. The van der Waals surface area contributed by atoms with E-state index in [0.29, 0.717) is 12.8 Å². The van der Waals surface area contributed by atoms with Crippen LogP contribution in [0.1, 0.15) is 220 Å². The van der Waals surface area contributed by atoms with E-state index in [9.17, 15) is 14.7 Å². The zero-order valence-electron chi connectivity index (χ0n) is 32.7. The van der Waals surface area contributed by atoms with Crippen LogP contribution in [0.4, 0.5) is 0 Å². The predicted molar refractivity (Wildman–Crippen MR) is 204 cm³/mol. The van der Waals surface area contributed by atoms with Gasteiger partial charge in [0.25, 0.3) is 0 Å². The number of unbranched alkanes of at least 4 members (excludes halogenated alkanes) is 20. The number of ether oxygens (including phenoxy) is 2. The van der Waals surface area contributed by atoms with Gasteiger partial charge in [-0.1, -0.05) is 136 Å². The van der Waals surface area contributed by atoms with Gasteiger partial charge in [-0.15, -0.1) is 0 Å². The van der Waals surface area contributed by atoms with Gasteiger partial charge < -0.3 is 19.5 Å². The molecule has 286 valence electrons. The molecule has 0 aliphatic rings. The number of hydrogen-bond donors (Lipinski definition) is 1. The fourth-order valence-electron chi connectivity index (χ4n) is 6.58. The largest absolute Gasteiger partial charge is 0.463 e. The summed E-state index contributed by atoms with van der Waals surface area (Å²) in [6.45, 7) is 11.7. The van der Waals surface area contributed by atoms with Crippen LogP contribution in [-0.4, -0.2) is 60.4 Å². The standard InChI is InChI=1S/C42H83NO5/c1-5-8-11-13-17-24-31-40(32-25-18-14-12-9-6-2)48-42(46)34-27-20-16-22-29-36-43(37-38-44)35-28-21-15-19-26-33-41(45)47-39(4)30-23-10-7-3/h39-40,44H,5-38H2,1-4H3. The Morgan fingerprint density at radius 1 is 0.479 bits per heavy atom. The molecule has 0 spiro atoms. The highest BCUT2D eigenvalue weighted by molar-refractivity contribution is 5.69. The summed E-state index contributed by atoms with van der Waals surface area (Å²) >= 11 is 0. The van der Waals surface area contributed by atoms with Gasteiger partial charge in [-0.05, 0) is 84.2 Å². The average Bonchev–Trinajstić information content (AvgIpc) is 3.06. The zero-order valence-corrected chi connectivity index (χ0v) is 32.7. The van der Waals surface area contributed by atoms with Crippen LogP contribution in [0.2, 0.25) is 0 Å². The molecule has 0 aromatic rings. The lowest BCUT2D eigenvalue weighted by atomic mass is 10.0. The van der Waals surface area contributed by atoms with E-state index < -0.39 is 0 Å². The van der Waals surface area contributed by atoms with Gasteiger partial charge in [-0.3, -0.25) is 9.59 Å². The lowest BCUT2D eigenvalue weighted by Gasteiger charge is -2.21. The highest BCUT2D eigenvalue weighted by Gasteiger charge is 2.14. The molecule has 0 rings (SSSR count). The smallest absolute Gasteiger partial charge is 0.306 e. The topological polar surface area (TPSA) is 76.1 Å². The van der Waals surface area contributed by atoms with Crippen molar-refractivity contribution >= 4 is 11.9 Å². The highest BCUT2D eigenvalue weighted by Crippen LogP contribution is 2.18. The Morgan fingerprint density at radius 3 is 1.33 bits per heavy atom. The number of aliphatic hydroxyl groups excluding tert-OH is 1. The molecule has 1 unspecified atom stereocenters. The summed E-state index contributed by atoms with van der Waals surface area (Å²) in [6.07, 6.45) is 34.1. The molecule has 6 nitrogen and oxygen atoms in total. The summed E-state index contributed by atoms with van der Waals surface area (Å²) in [4.78, 5) is 27.1. The van der Waals surface area contributed by atoms with Crippen molar-refractivity contribution < 1.29 is 24.2 Å². The van der Waals surface area contributed by atoms with Crippen molar-refractivity contribution in [3.05, 3.63) is 0 Å². The first-order chi connectivity index (χ1) is 23.5. The van der Waals surface area contributed by atoms with Crippen LogP contribution >= 0.6 is 0 Å². The highest BCUT2D eigenvalue weighted by atomic mass is 16.5. The molecular weight excluding hydrogens is 598 g/mol. The van der Waals surface area contributed by atoms with E-state index >= 15 is 0 Å². The van der Waals surface area contributed by atoms with Crippen molar-refractivity contribution in [1.29, 1.82) is 0 Å². The SMILES string of the molecule is CCCCCCCCC(CCCCCCCC)OC(=O)CCCCCCCN(CCO)CCCCCCCC(=O)OC(C)CCCCC. The van der Waals surface area contributed by atoms with Crippen molar-refractivity contribution in [1.82, 2.24) is 4.90 Å². The van der Waals surface area contributed by atoms with Crippen LogP contribution in [0.3, 0.4) is 0 Å². The maximum absolute atomic E-state index is 12.7. The first kappa shape index (κ1) is 46.9. The fourth-order valence-corrected chi connectivity index (χ4v) is 6.58. The molecule has 0 aromatic carbocycles. The Bertz CT molecular complexity index is 671. The van der Waals surface area contributed by atoms with Crippen molar-refractivity contribution in [3.8, 4) is 0 Å². The molecule has 6 heteroatoms. The quantitative estimate of drug-likeness (QED) is 0.0516. The van der Waals surface area contributed by atoms with Gasteiger partial charge >= 0.3 is 11.9 Å². The van der Waals surface area contributed by atoms with Gasteiger partial charge in [0.1, 0.15) is 6.10 Å².